The van der Waals surface area contributed by atoms with Gasteiger partial charge < -0.3 is 61.9 Å². The van der Waals surface area contributed by atoms with Crippen LogP contribution >= 0.6 is 24.4 Å². The van der Waals surface area contributed by atoms with Gasteiger partial charge in [0, 0.05) is 72.1 Å². The number of rotatable bonds is 32. The van der Waals surface area contributed by atoms with Crippen molar-refractivity contribution in [3.8, 4) is 0 Å². The average Bonchev–Trinajstić information content (AvgIpc) is 2.97. The first-order chi connectivity index (χ1) is 21.3. The molecule has 10 N–H and O–H groups in total. The van der Waals surface area contributed by atoms with E-state index < -0.39 is 6.23 Å². The number of likely N-dealkylation sites (N-methyl/N-ethyl adjacent to an activating group) is 4. The van der Waals surface area contributed by atoms with Crippen molar-refractivity contribution in [2.45, 2.75) is 37.1 Å². The Kier molecular flexibility index (Phi) is 28.8. The summed E-state index contributed by atoms with van der Waals surface area (Å²) in [6.45, 7) is 12.4. The highest BCUT2D eigenvalue weighted by atomic mass is 32.1. The number of nitrogens with zero attached hydrogens (tertiary/aromatic N) is 1. The maximum absolute atomic E-state index is 9.95. The summed E-state index contributed by atoms with van der Waals surface area (Å²) >= 11 is 10.2. The molecule has 0 aliphatic heterocycles. The van der Waals surface area contributed by atoms with Gasteiger partial charge in [-0.15, -0.1) is 0 Å². The fourth-order valence-corrected chi connectivity index (χ4v) is 5.19. The van der Waals surface area contributed by atoms with Gasteiger partial charge in [0.15, 0.2) is 5.11 Å². The minimum absolute atomic E-state index is 0.311. The molecular weight excluding hydrogens is 605 g/mol. The molecule has 260 valence electrons. The molecule has 16 heteroatoms. The first-order valence-corrected chi connectivity index (χ1v) is 16.4. The van der Waals surface area contributed by atoms with Crippen LogP contribution in [0.15, 0.2) is 4.99 Å². The van der Waals surface area contributed by atoms with E-state index in [0.29, 0.717) is 84.0 Å². The number of nitrogens with one attached hydrogen (secondary N) is 9. The van der Waals surface area contributed by atoms with E-state index in [9.17, 15) is 5.11 Å². The predicted octanol–water partition coefficient (Wildman–Crippen LogP) is -2.15. The first kappa shape index (κ1) is 43.0. The number of isothiocyanates is 1. The number of aliphatic imine (C=N–C) groups is 1. The molecule has 1 atom stereocenters. The highest BCUT2D eigenvalue weighted by molar-refractivity contribution is 7.80. The molecule has 0 aliphatic rings. The molecule has 0 heterocycles. The Hall–Kier alpha value is -0.950. The third kappa shape index (κ3) is 23.4. The number of aliphatic hydroxyl groups excluding tert-OH is 1. The molecule has 1 unspecified atom stereocenters. The molecule has 0 radical (unpaired) electrons. The molecule has 0 saturated heterocycles. The molecule has 0 rings (SSSR count). The van der Waals surface area contributed by atoms with Gasteiger partial charge in [-0.3, -0.25) is 5.32 Å². The van der Waals surface area contributed by atoms with Crippen molar-refractivity contribution in [2.24, 2.45) is 4.99 Å². The lowest BCUT2D eigenvalue weighted by Gasteiger charge is -2.37. The standard InChI is InChI=1S/C28H62N10O4S2/c1-25(39)37-27(18-29-2,19-30-3)22-33-10-11-34-23-28(20-31-4,21-32-5)38-26(44)36-9-7-13-41-15-17-42-16-14-40-12-6-8-35-24-43/h25,29-34,37,39H,6-23H2,1-5H3,(H2,36,38,44). The molecule has 0 aromatic heterocycles. The fourth-order valence-electron chi connectivity index (χ4n) is 4.78. The van der Waals surface area contributed by atoms with Crippen LogP contribution in [-0.2, 0) is 14.2 Å². The second-order valence-corrected chi connectivity index (χ2v) is 11.3. The number of ether oxygens (including phenoxy) is 3. The summed E-state index contributed by atoms with van der Waals surface area (Å²) in [5, 5.41) is 43.2. The summed E-state index contributed by atoms with van der Waals surface area (Å²) < 4.78 is 16.6. The Morgan fingerprint density at radius 1 is 0.727 bits per heavy atom. The largest absolute Gasteiger partial charge is 0.379 e. The number of thiocarbonyl (C=S) groups is 2. The molecule has 0 saturated carbocycles. The molecule has 0 amide bonds. The van der Waals surface area contributed by atoms with Crippen molar-refractivity contribution in [2.75, 3.05) is 133 Å². The summed E-state index contributed by atoms with van der Waals surface area (Å²) in [6, 6.07) is 0. The summed E-state index contributed by atoms with van der Waals surface area (Å²) in [5.74, 6) is 0. The van der Waals surface area contributed by atoms with E-state index in [0.717, 1.165) is 39.0 Å². The van der Waals surface area contributed by atoms with Crippen molar-refractivity contribution in [3.63, 3.8) is 0 Å². The molecule has 0 spiro atoms. The van der Waals surface area contributed by atoms with E-state index in [1.54, 1.807) is 6.92 Å². The van der Waals surface area contributed by atoms with Gasteiger partial charge in [-0.2, -0.15) is 0 Å². The van der Waals surface area contributed by atoms with Crippen LogP contribution in [0.5, 0.6) is 0 Å². The van der Waals surface area contributed by atoms with Crippen LogP contribution in [0.25, 0.3) is 0 Å². The van der Waals surface area contributed by atoms with E-state index in [-0.39, 0.29) is 11.1 Å². The molecule has 0 aromatic rings. The first-order valence-electron chi connectivity index (χ1n) is 15.6. The van der Waals surface area contributed by atoms with Crippen molar-refractivity contribution in [3.05, 3.63) is 0 Å². The topological polar surface area (TPSA) is 169 Å². The van der Waals surface area contributed by atoms with Crippen molar-refractivity contribution >= 4 is 34.7 Å². The van der Waals surface area contributed by atoms with E-state index in [1.165, 1.54) is 0 Å². The summed E-state index contributed by atoms with van der Waals surface area (Å²) in [6.07, 6.45) is 1.06. The van der Waals surface area contributed by atoms with E-state index in [2.05, 4.69) is 70.2 Å². The number of aliphatic hydroxyl groups is 1. The normalized spacial score (nSPS) is 12.6. The van der Waals surface area contributed by atoms with Gasteiger partial charge in [0.05, 0.1) is 49.2 Å². The maximum Gasteiger partial charge on any atom is 0.166 e. The van der Waals surface area contributed by atoms with E-state index in [1.807, 2.05) is 28.2 Å². The molecule has 44 heavy (non-hydrogen) atoms. The fraction of sp³-hybridized carbons (Fsp3) is 0.929. The van der Waals surface area contributed by atoms with E-state index >= 15 is 0 Å². The van der Waals surface area contributed by atoms with Crippen LogP contribution in [-0.4, -0.2) is 166 Å². The zero-order chi connectivity index (χ0) is 32.8. The van der Waals surface area contributed by atoms with Gasteiger partial charge in [-0.1, -0.05) is 0 Å². The summed E-state index contributed by atoms with van der Waals surface area (Å²) in [5.41, 5.74) is -0.632. The van der Waals surface area contributed by atoms with Gasteiger partial charge >= 0.3 is 0 Å². The van der Waals surface area contributed by atoms with Gasteiger partial charge in [-0.05, 0) is 72.4 Å². The van der Waals surface area contributed by atoms with Gasteiger partial charge in [0.1, 0.15) is 6.23 Å². The lowest BCUT2D eigenvalue weighted by atomic mass is 9.98. The highest BCUT2D eigenvalue weighted by Crippen LogP contribution is 2.04. The Labute approximate surface area is 276 Å². The lowest BCUT2D eigenvalue weighted by molar-refractivity contribution is 0.0142. The molecule has 0 aliphatic carbocycles. The molecule has 14 nitrogen and oxygen atoms in total. The summed E-state index contributed by atoms with van der Waals surface area (Å²) in [4.78, 5) is 3.84. The minimum atomic E-state index is -0.606. The van der Waals surface area contributed by atoms with Crippen LogP contribution < -0.4 is 47.9 Å². The molecule has 0 fully saturated rings. The smallest absolute Gasteiger partial charge is 0.166 e. The second kappa shape index (κ2) is 29.5. The van der Waals surface area contributed by atoms with Gasteiger partial charge in [-0.25, -0.2) is 4.99 Å². The maximum atomic E-state index is 9.95. The Morgan fingerprint density at radius 2 is 1.20 bits per heavy atom. The highest BCUT2D eigenvalue weighted by Gasteiger charge is 2.30. The average molecular weight is 667 g/mol. The third-order valence-electron chi connectivity index (χ3n) is 6.48. The quantitative estimate of drug-likeness (QED) is 0.0163. The van der Waals surface area contributed by atoms with Gasteiger partial charge in [0.25, 0.3) is 0 Å². The van der Waals surface area contributed by atoms with Gasteiger partial charge in [0.2, 0.25) is 0 Å². The van der Waals surface area contributed by atoms with Crippen LogP contribution in [0.3, 0.4) is 0 Å². The van der Waals surface area contributed by atoms with Crippen molar-refractivity contribution < 1.29 is 19.3 Å². The van der Waals surface area contributed by atoms with Crippen LogP contribution in [0.1, 0.15) is 19.8 Å². The molecule has 0 bridgehead atoms. The second-order valence-electron chi connectivity index (χ2n) is 10.8. The SMILES string of the molecule is CNCC(CNC)(CNCCNCC(CNC)(CNC)NC(C)O)NC(=S)NCCCOCCOCCOCCCN=C=S. The lowest BCUT2D eigenvalue weighted by Crippen LogP contribution is -2.66. The van der Waals surface area contributed by atoms with Crippen molar-refractivity contribution in [1.29, 1.82) is 0 Å². The van der Waals surface area contributed by atoms with Crippen molar-refractivity contribution in [1.82, 2.24) is 47.9 Å². The Bertz CT molecular complexity index is 725. The molecular formula is C28H62N10O4S2. The zero-order valence-corrected chi connectivity index (χ0v) is 29.4. The number of hydrogen-bond donors (Lipinski definition) is 10. The Morgan fingerprint density at radius 3 is 1.70 bits per heavy atom. The number of hydrogen-bond acceptors (Lipinski definition) is 14. The predicted molar refractivity (Wildman–Crippen MR) is 187 cm³/mol. The monoisotopic (exact) mass is 666 g/mol. The van der Waals surface area contributed by atoms with Crippen LogP contribution in [0.2, 0.25) is 0 Å². The third-order valence-corrected chi connectivity index (χ3v) is 6.85. The zero-order valence-electron chi connectivity index (χ0n) is 27.7. The van der Waals surface area contributed by atoms with Crippen LogP contribution in [0, 0.1) is 0 Å². The Balaban J connectivity index is 4.31. The summed E-state index contributed by atoms with van der Waals surface area (Å²) in [7, 11) is 7.71. The molecule has 0 aromatic carbocycles. The van der Waals surface area contributed by atoms with E-state index in [4.69, 9.17) is 26.4 Å². The minimum Gasteiger partial charge on any atom is -0.379 e. The van der Waals surface area contributed by atoms with Crippen LogP contribution in [0.4, 0.5) is 0 Å².